The van der Waals surface area contributed by atoms with E-state index in [2.05, 4.69) is 50.5 Å². The molecule has 0 aliphatic rings. The van der Waals surface area contributed by atoms with E-state index >= 15 is 0 Å². The summed E-state index contributed by atoms with van der Waals surface area (Å²) in [6.07, 6.45) is 1.60. The van der Waals surface area contributed by atoms with Gasteiger partial charge in [-0.25, -0.2) is 0 Å². The first-order valence-corrected chi connectivity index (χ1v) is 11.3. The standard InChI is InChI=1S/C24H18I2N2O2/c25-21-12-19(13-22(26)23(21)30-16-18-9-5-2-6-10-18)11-20(14-27)24(29)28-15-17-7-3-1-4-8-17/h1-13H,15-16H2,(H,28,29)/b20-11+. The zero-order valence-electron chi connectivity index (χ0n) is 15.9. The Morgan fingerprint density at radius 1 is 0.967 bits per heavy atom. The number of rotatable bonds is 7. The first-order chi connectivity index (χ1) is 14.6. The summed E-state index contributed by atoms with van der Waals surface area (Å²) in [4.78, 5) is 12.4. The largest absolute Gasteiger partial charge is 0.487 e. The molecule has 1 amide bonds. The first kappa shape index (κ1) is 22.3. The van der Waals surface area contributed by atoms with Gasteiger partial charge in [0.2, 0.25) is 0 Å². The van der Waals surface area contributed by atoms with Crippen molar-refractivity contribution in [2.45, 2.75) is 13.2 Å². The lowest BCUT2D eigenvalue weighted by Gasteiger charge is -2.12. The minimum absolute atomic E-state index is 0.0653. The van der Waals surface area contributed by atoms with Crippen molar-refractivity contribution in [2.24, 2.45) is 0 Å². The van der Waals surface area contributed by atoms with Crippen molar-refractivity contribution in [3.63, 3.8) is 0 Å². The van der Waals surface area contributed by atoms with Crippen LogP contribution in [-0.4, -0.2) is 5.91 Å². The van der Waals surface area contributed by atoms with Crippen LogP contribution < -0.4 is 10.1 Å². The van der Waals surface area contributed by atoms with E-state index in [1.807, 2.05) is 78.9 Å². The van der Waals surface area contributed by atoms with Crippen LogP contribution in [-0.2, 0) is 17.9 Å². The van der Waals surface area contributed by atoms with Gasteiger partial charge in [0.25, 0.3) is 5.91 Å². The number of amides is 1. The minimum Gasteiger partial charge on any atom is -0.487 e. The monoisotopic (exact) mass is 620 g/mol. The molecule has 3 rings (SSSR count). The molecular formula is C24H18I2N2O2. The van der Waals surface area contributed by atoms with Crippen LogP contribution in [0.5, 0.6) is 5.75 Å². The Bertz CT molecular complexity index is 1070. The van der Waals surface area contributed by atoms with Gasteiger partial charge in [-0.15, -0.1) is 0 Å². The summed E-state index contributed by atoms with van der Waals surface area (Å²) in [6.45, 7) is 0.855. The van der Waals surface area contributed by atoms with Gasteiger partial charge < -0.3 is 10.1 Å². The summed E-state index contributed by atoms with van der Waals surface area (Å²) in [7, 11) is 0. The van der Waals surface area contributed by atoms with Crippen LogP contribution in [0.25, 0.3) is 6.08 Å². The molecule has 0 radical (unpaired) electrons. The Balaban J connectivity index is 1.71. The van der Waals surface area contributed by atoms with Crippen molar-refractivity contribution < 1.29 is 9.53 Å². The Labute approximate surface area is 203 Å². The van der Waals surface area contributed by atoms with Gasteiger partial charge in [-0.3, -0.25) is 4.79 Å². The number of nitrogens with one attached hydrogen (secondary N) is 1. The highest BCUT2D eigenvalue weighted by atomic mass is 127. The molecule has 0 aliphatic heterocycles. The van der Waals surface area contributed by atoms with E-state index in [1.165, 1.54) is 0 Å². The molecule has 30 heavy (non-hydrogen) atoms. The third kappa shape index (κ3) is 6.31. The van der Waals surface area contributed by atoms with Gasteiger partial charge in [0.15, 0.2) is 0 Å². The van der Waals surface area contributed by atoms with Crippen molar-refractivity contribution in [3.05, 3.63) is 102 Å². The molecule has 0 saturated carbocycles. The highest BCUT2D eigenvalue weighted by molar-refractivity contribution is 14.1. The molecule has 0 atom stereocenters. The van der Waals surface area contributed by atoms with E-state index in [4.69, 9.17) is 4.74 Å². The van der Waals surface area contributed by atoms with Crippen LogP contribution in [0.15, 0.2) is 78.4 Å². The SMILES string of the molecule is N#C/C(=C\c1cc(I)c(OCc2ccccc2)c(I)c1)C(=O)NCc1ccccc1. The predicted molar refractivity (Wildman–Crippen MR) is 135 cm³/mol. The maximum atomic E-state index is 12.4. The lowest BCUT2D eigenvalue weighted by Crippen LogP contribution is -2.23. The van der Waals surface area contributed by atoms with Gasteiger partial charge in [0, 0.05) is 6.54 Å². The molecule has 3 aromatic carbocycles. The second-order valence-corrected chi connectivity index (χ2v) is 8.75. The Hall–Kier alpha value is -2.38. The summed E-state index contributed by atoms with van der Waals surface area (Å²) in [6, 6.07) is 25.4. The van der Waals surface area contributed by atoms with Crippen molar-refractivity contribution in [2.75, 3.05) is 0 Å². The van der Waals surface area contributed by atoms with Gasteiger partial charge in [-0.05, 0) is 80.1 Å². The van der Waals surface area contributed by atoms with Crippen molar-refractivity contribution in [3.8, 4) is 11.8 Å². The van der Waals surface area contributed by atoms with Crippen molar-refractivity contribution in [1.29, 1.82) is 5.26 Å². The lowest BCUT2D eigenvalue weighted by atomic mass is 10.1. The smallest absolute Gasteiger partial charge is 0.262 e. The molecule has 0 aliphatic carbocycles. The van der Waals surface area contributed by atoms with E-state index in [1.54, 1.807) is 6.08 Å². The van der Waals surface area contributed by atoms with Crippen LogP contribution in [0.3, 0.4) is 0 Å². The maximum absolute atomic E-state index is 12.4. The molecule has 0 fully saturated rings. The molecule has 0 unspecified atom stereocenters. The van der Waals surface area contributed by atoms with E-state index in [9.17, 15) is 10.1 Å². The van der Waals surface area contributed by atoms with E-state index < -0.39 is 5.91 Å². The zero-order valence-corrected chi connectivity index (χ0v) is 20.3. The predicted octanol–water partition coefficient (Wildman–Crippen LogP) is 5.70. The quantitative estimate of drug-likeness (QED) is 0.210. The Morgan fingerprint density at radius 3 is 2.10 bits per heavy atom. The second kappa shape index (κ2) is 11.1. The number of benzene rings is 3. The van der Waals surface area contributed by atoms with Crippen molar-refractivity contribution in [1.82, 2.24) is 5.32 Å². The fourth-order valence-electron chi connectivity index (χ4n) is 2.72. The number of carbonyl (C=O) groups is 1. The number of ether oxygens (including phenoxy) is 1. The average Bonchev–Trinajstić information content (AvgIpc) is 2.76. The molecule has 6 heteroatoms. The average molecular weight is 620 g/mol. The second-order valence-electron chi connectivity index (χ2n) is 6.43. The number of nitriles is 1. The molecule has 1 N–H and O–H groups in total. The van der Waals surface area contributed by atoms with Crippen LogP contribution in [0, 0.1) is 18.5 Å². The topological polar surface area (TPSA) is 62.1 Å². The number of hydrogen-bond donors (Lipinski definition) is 1. The van der Waals surface area contributed by atoms with Gasteiger partial charge in [-0.2, -0.15) is 5.26 Å². The molecule has 0 saturated heterocycles. The molecule has 0 heterocycles. The van der Waals surface area contributed by atoms with Gasteiger partial charge in [0.1, 0.15) is 24.0 Å². The molecule has 0 bridgehead atoms. The highest BCUT2D eigenvalue weighted by Gasteiger charge is 2.12. The van der Waals surface area contributed by atoms with Crippen LogP contribution in [0.2, 0.25) is 0 Å². The van der Waals surface area contributed by atoms with E-state index in [-0.39, 0.29) is 5.57 Å². The summed E-state index contributed by atoms with van der Waals surface area (Å²) >= 11 is 4.42. The molecule has 0 spiro atoms. The van der Waals surface area contributed by atoms with Crippen LogP contribution >= 0.6 is 45.2 Å². The number of hydrogen-bond acceptors (Lipinski definition) is 3. The molecular weight excluding hydrogens is 602 g/mol. The number of halogens is 2. The Morgan fingerprint density at radius 2 is 1.53 bits per heavy atom. The van der Waals surface area contributed by atoms with E-state index in [0.717, 1.165) is 29.6 Å². The first-order valence-electron chi connectivity index (χ1n) is 9.16. The van der Waals surface area contributed by atoms with Crippen LogP contribution in [0.4, 0.5) is 0 Å². The Kier molecular flexibility index (Phi) is 8.28. The summed E-state index contributed by atoms with van der Waals surface area (Å²) in [5, 5.41) is 12.2. The lowest BCUT2D eigenvalue weighted by molar-refractivity contribution is -0.117. The molecule has 4 nitrogen and oxygen atoms in total. The van der Waals surface area contributed by atoms with Gasteiger partial charge >= 0.3 is 0 Å². The van der Waals surface area contributed by atoms with Gasteiger partial charge in [-0.1, -0.05) is 60.7 Å². The van der Waals surface area contributed by atoms with Crippen LogP contribution in [0.1, 0.15) is 16.7 Å². The summed E-state index contributed by atoms with van der Waals surface area (Å²) < 4.78 is 7.84. The molecule has 3 aromatic rings. The van der Waals surface area contributed by atoms with Gasteiger partial charge in [0.05, 0.1) is 7.14 Å². The summed E-state index contributed by atoms with van der Waals surface area (Å²) in [5.74, 6) is 0.403. The fraction of sp³-hybridized carbons (Fsp3) is 0.0833. The highest BCUT2D eigenvalue weighted by Crippen LogP contribution is 2.30. The fourth-order valence-corrected chi connectivity index (χ4v) is 4.85. The zero-order chi connectivity index (χ0) is 21.3. The maximum Gasteiger partial charge on any atom is 0.262 e. The molecule has 150 valence electrons. The number of carbonyl (C=O) groups excluding carboxylic acids is 1. The third-order valence-electron chi connectivity index (χ3n) is 4.22. The minimum atomic E-state index is -0.393. The summed E-state index contributed by atoms with van der Waals surface area (Å²) in [5.41, 5.74) is 2.92. The number of nitrogens with zero attached hydrogens (tertiary/aromatic N) is 1. The van der Waals surface area contributed by atoms with E-state index in [0.29, 0.717) is 13.2 Å². The normalized spacial score (nSPS) is 10.9. The third-order valence-corrected chi connectivity index (χ3v) is 5.82. The van der Waals surface area contributed by atoms with Crippen molar-refractivity contribution >= 4 is 57.2 Å². The molecule has 0 aromatic heterocycles.